The molecule has 0 spiro atoms. The van der Waals surface area contributed by atoms with Gasteiger partial charge >= 0.3 is 0 Å². The summed E-state index contributed by atoms with van der Waals surface area (Å²) in [7, 11) is -4.15. The van der Waals surface area contributed by atoms with Crippen molar-refractivity contribution in [3.05, 3.63) is 65.2 Å². The van der Waals surface area contributed by atoms with E-state index in [0.717, 1.165) is 27.8 Å². The summed E-state index contributed by atoms with van der Waals surface area (Å²) in [6.07, 6.45) is 0. The lowest BCUT2D eigenvalue weighted by atomic mass is 10.2. The van der Waals surface area contributed by atoms with Crippen LogP contribution in [0.1, 0.15) is 11.1 Å². The maximum absolute atomic E-state index is 13.9. The van der Waals surface area contributed by atoms with Crippen LogP contribution in [0.2, 0.25) is 0 Å². The second-order valence-electron chi connectivity index (χ2n) is 6.84. The standard InChI is InChI=1S/C20H22F2N2O3S2/c1-15-3-2-4-16(11-15)13-28-14-20(25)23-7-9-24(10-8-23)29(26,27)19-12-17(21)5-6-18(19)22/h2-6,11-12H,7-10,13-14H2,1H3. The number of hydrogen-bond acceptors (Lipinski definition) is 4. The van der Waals surface area contributed by atoms with E-state index < -0.39 is 26.6 Å². The molecule has 0 aliphatic carbocycles. The Morgan fingerprint density at radius 1 is 1.07 bits per heavy atom. The second kappa shape index (κ2) is 9.23. The van der Waals surface area contributed by atoms with Crippen molar-refractivity contribution in [3.63, 3.8) is 0 Å². The fourth-order valence-corrected chi connectivity index (χ4v) is 5.51. The van der Waals surface area contributed by atoms with Gasteiger partial charge in [-0.05, 0) is 30.7 Å². The number of sulfonamides is 1. The summed E-state index contributed by atoms with van der Waals surface area (Å²) in [6, 6.07) is 10.4. The lowest BCUT2D eigenvalue weighted by molar-refractivity contribution is -0.129. The minimum Gasteiger partial charge on any atom is -0.339 e. The zero-order valence-corrected chi connectivity index (χ0v) is 17.6. The number of benzene rings is 2. The molecule has 1 aliphatic rings. The van der Waals surface area contributed by atoms with Crippen LogP contribution in [0, 0.1) is 18.6 Å². The van der Waals surface area contributed by atoms with E-state index in [9.17, 15) is 22.0 Å². The van der Waals surface area contributed by atoms with Gasteiger partial charge in [0.15, 0.2) is 0 Å². The summed E-state index contributed by atoms with van der Waals surface area (Å²) >= 11 is 1.51. The number of halogens is 2. The van der Waals surface area contributed by atoms with Gasteiger partial charge in [0.25, 0.3) is 0 Å². The average Bonchev–Trinajstić information content (AvgIpc) is 2.70. The van der Waals surface area contributed by atoms with Gasteiger partial charge in [-0.15, -0.1) is 11.8 Å². The smallest absolute Gasteiger partial charge is 0.246 e. The summed E-state index contributed by atoms with van der Waals surface area (Å²) in [5, 5.41) is 0. The Labute approximate surface area is 173 Å². The highest BCUT2D eigenvalue weighted by Gasteiger charge is 2.32. The maximum Gasteiger partial charge on any atom is 0.246 e. The van der Waals surface area contributed by atoms with E-state index in [1.54, 1.807) is 4.90 Å². The quantitative estimate of drug-likeness (QED) is 0.693. The third-order valence-corrected chi connectivity index (χ3v) is 7.58. The number of amides is 1. The van der Waals surface area contributed by atoms with Gasteiger partial charge in [0, 0.05) is 31.9 Å². The first-order valence-electron chi connectivity index (χ1n) is 9.13. The van der Waals surface area contributed by atoms with Crippen LogP contribution in [0.5, 0.6) is 0 Å². The van der Waals surface area contributed by atoms with Gasteiger partial charge in [0.2, 0.25) is 15.9 Å². The molecule has 0 N–H and O–H groups in total. The Bertz CT molecular complexity index is 991. The van der Waals surface area contributed by atoms with E-state index in [4.69, 9.17) is 0 Å². The lowest BCUT2D eigenvalue weighted by Gasteiger charge is -2.34. The molecular formula is C20H22F2N2O3S2. The molecule has 29 heavy (non-hydrogen) atoms. The number of carbonyl (C=O) groups is 1. The monoisotopic (exact) mass is 440 g/mol. The van der Waals surface area contributed by atoms with E-state index >= 15 is 0 Å². The van der Waals surface area contributed by atoms with E-state index in [1.807, 2.05) is 25.1 Å². The van der Waals surface area contributed by atoms with Crippen LogP contribution in [0.15, 0.2) is 47.4 Å². The van der Waals surface area contributed by atoms with Crippen LogP contribution in [-0.4, -0.2) is 55.5 Å². The first kappa shape index (κ1) is 21.7. The van der Waals surface area contributed by atoms with Crippen molar-refractivity contribution < 1.29 is 22.0 Å². The molecule has 0 bridgehead atoms. The third kappa shape index (κ3) is 5.34. The van der Waals surface area contributed by atoms with Crippen molar-refractivity contribution in [3.8, 4) is 0 Å². The molecule has 2 aromatic carbocycles. The second-order valence-corrected chi connectivity index (χ2v) is 9.73. The molecule has 9 heteroatoms. The fraction of sp³-hybridized carbons (Fsp3) is 0.350. The van der Waals surface area contributed by atoms with Crippen LogP contribution in [0.4, 0.5) is 8.78 Å². The van der Waals surface area contributed by atoms with Gasteiger partial charge in [0.1, 0.15) is 16.5 Å². The number of hydrogen-bond donors (Lipinski definition) is 0. The topological polar surface area (TPSA) is 57.7 Å². The zero-order chi connectivity index (χ0) is 21.0. The highest BCUT2D eigenvalue weighted by atomic mass is 32.2. The molecule has 1 aliphatic heterocycles. The largest absolute Gasteiger partial charge is 0.339 e. The Hall–Kier alpha value is -1.97. The molecule has 0 aromatic heterocycles. The van der Waals surface area contributed by atoms with Crippen molar-refractivity contribution in [2.24, 2.45) is 0 Å². The molecule has 0 unspecified atom stereocenters. The number of thioether (sulfide) groups is 1. The molecule has 5 nitrogen and oxygen atoms in total. The number of aryl methyl sites for hydroxylation is 1. The molecule has 1 heterocycles. The van der Waals surface area contributed by atoms with Crippen molar-refractivity contribution in [1.82, 2.24) is 9.21 Å². The lowest BCUT2D eigenvalue weighted by Crippen LogP contribution is -2.51. The van der Waals surface area contributed by atoms with Gasteiger partial charge in [0.05, 0.1) is 5.75 Å². The van der Waals surface area contributed by atoms with Crippen LogP contribution in [-0.2, 0) is 20.6 Å². The highest BCUT2D eigenvalue weighted by molar-refractivity contribution is 7.99. The van der Waals surface area contributed by atoms with Gasteiger partial charge in [-0.25, -0.2) is 17.2 Å². The molecular weight excluding hydrogens is 418 g/mol. The molecule has 1 amide bonds. The van der Waals surface area contributed by atoms with Crippen LogP contribution in [0.25, 0.3) is 0 Å². The van der Waals surface area contributed by atoms with Crippen LogP contribution >= 0.6 is 11.8 Å². The number of carbonyl (C=O) groups excluding carboxylic acids is 1. The third-order valence-electron chi connectivity index (χ3n) is 4.68. The summed E-state index contributed by atoms with van der Waals surface area (Å²) < 4.78 is 53.6. The molecule has 0 radical (unpaired) electrons. The van der Waals surface area contributed by atoms with Crippen LogP contribution in [0.3, 0.4) is 0 Å². The molecule has 0 saturated carbocycles. The molecule has 1 saturated heterocycles. The predicted octanol–water partition coefficient (Wildman–Crippen LogP) is 3.04. The van der Waals surface area contributed by atoms with E-state index in [2.05, 4.69) is 6.07 Å². The molecule has 1 fully saturated rings. The molecule has 156 valence electrons. The Morgan fingerprint density at radius 3 is 2.48 bits per heavy atom. The summed E-state index contributed by atoms with van der Waals surface area (Å²) in [5.74, 6) is -0.835. The van der Waals surface area contributed by atoms with E-state index in [1.165, 1.54) is 17.3 Å². The van der Waals surface area contributed by atoms with E-state index in [-0.39, 0.29) is 32.1 Å². The van der Waals surface area contributed by atoms with Gasteiger partial charge in [-0.2, -0.15) is 4.31 Å². The summed E-state index contributed by atoms with van der Waals surface area (Å²) in [5.41, 5.74) is 2.32. The first-order chi connectivity index (χ1) is 13.8. The predicted molar refractivity (Wildman–Crippen MR) is 109 cm³/mol. The van der Waals surface area contributed by atoms with Crippen molar-refractivity contribution >= 4 is 27.7 Å². The Kier molecular flexibility index (Phi) is 6.92. The highest BCUT2D eigenvalue weighted by Crippen LogP contribution is 2.22. The Morgan fingerprint density at radius 2 is 1.79 bits per heavy atom. The molecule has 3 rings (SSSR count). The minimum atomic E-state index is -4.15. The van der Waals surface area contributed by atoms with E-state index in [0.29, 0.717) is 11.8 Å². The Balaban J connectivity index is 1.53. The zero-order valence-electron chi connectivity index (χ0n) is 16.0. The number of nitrogens with zero attached hydrogens (tertiary/aromatic N) is 2. The SMILES string of the molecule is Cc1cccc(CSCC(=O)N2CCN(S(=O)(=O)c3cc(F)ccc3F)CC2)c1. The van der Waals surface area contributed by atoms with Gasteiger partial charge in [-0.1, -0.05) is 29.8 Å². The summed E-state index contributed by atoms with van der Waals surface area (Å²) in [4.78, 5) is 13.3. The number of piperazine rings is 1. The van der Waals surface area contributed by atoms with Gasteiger partial charge < -0.3 is 4.90 Å². The van der Waals surface area contributed by atoms with Crippen LogP contribution < -0.4 is 0 Å². The van der Waals surface area contributed by atoms with Crippen molar-refractivity contribution in [2.75, 3.05) is 31.9 Å². The molecule has 2 aromatic rings. The van der Waals surface area contributed by atoms with Crippen molar-refractivity contribution in [2.45, 2.75) is 17.6 Å². The maximum atomic E-state index is 13.9. The molecule has 0 atom stereocenters. The fourth-order valence-electron chi connectivity index (χ4n) is 3.14. The summed E-state index contributed by atoms with van der Waals surface area (Å²) in [6.45, 7) is 2.56. The van der Waals surface area contributed by atoms with Gasteiger partial charge in [-0.3, -0.25) is 4.79 Å². The normalized spacial score (nSPS) is 15.5. The first-order valence-corrected chi connectivity index (χ1v) is 11.7. The average molecular weight is 441 g/mol. The minimum absolute atomic E-state index is 0.0482. The van der Waals surface area contributed by atoms with Crippen molar-refractivity contribution in [1.29, 1.82) is 0 Å². The number of rotatable bonds is 6.